The van der Waals surface area contributed by atoms with Gasteiger partial charge in [-0.2, -0.15) is 4.31 Å². The largest absolute Gasteiger partial charge is 0.354 e. The lowest BCUT2D eigenvalue weighted by molar-refractivity contribution is -0.120. The summed E-state index contributed by atoms with van der Waals surface area (Å²) in [7, 11) is -3.62. The van der Waals surface area contributed by atoms with Gasteiger partial charge in [0.1, 0.15) is 6.23 Å². The number of rotatable bonds is 4. The van der Waals surface area contributed by atoms with E-state index in [0.29, 0.717) is 24.4 Å². The maximum Gasteiger partial charge on any atom is 0.245 e. The van der Waals surface area contributed by atoms with Crippen LogP contribution in [0.25, 0.3) is 0 Å². The summed E-state index contributed by atoms with van der Waals surface area (Å²) in [5, 5.41) is 3.15. The highest BCUT2D eigenvalue weighted by molar-refractivity contribution is 7.89. The van der Waals surface area contributed by atoms with Gasteiger partial charge < -0.3 is 10.1 Å². The summed E-state index contributed by atoms with van der Waals surface area (Å²) in [5.41, 5.74) is 0.833. The van der Waals surface area contributed by atoms with E-state index >= 15 is 0 Å². The molecule has 1 aromatic rings. The zero-order valence-corrected chi connectivity index (χ0v) is 15.5. The number of benzene rings is 1. The van der Waals surface area contributed by atoms with Gasteiger partial charge in [-0.15, -0.1) is 0 Å². The standard InChI is InChI=1S/C17H21ClN2O4S/c1-3-16(21)19-17-8-12-6-7-20(10-15(12)24-17)25(22,23)13-5-4-11(2)14(18)9-13/h3-5,9,12,15,17H,1,6-8,10H2,2H3,(H,19,21). The smallest absolute Gasteiger partial charge is 0.245 e. The molecule has 25 heavy (non-hydrogen) atoms. The van der Waals surface area contributed by atoms with E-state index in [1.807, 2.05) is 6.92 Å². The number of nitrogens with one attached hydrogen (secondary N) is 1. The summed E-state index contributed by atoms with van der Waals surface area (Å²) >= 11 is 6.07. The maximum atomic E-state index is 12.9. The zero-order chi connectivity index (χ0) is 18.2. The van der Waals surface area contributed by atoms with Crippen LogP contribution in [0.1, 0.15) is 18.4 Å². The fourth-order valence-corrected chi connectivity index (χ4v) is 5.05. The van der Waals surface area contributed by atoms with Crippen LogP contribution in [0.15, 0.2) is 35.7 Å². The third-order valence-corrected chi connectivity index (χ3v) is 7.05. The number of amides is 1. The van der Waals surface area contributed by atoms with Crippen LogP contribution < -0.4 is 5.32 Å². The molecule has 8 heteroatoms. The molecule has 2 saturated heterocycles. The third-order valence-electron chi connectivity index (χ3n) is 4.78. The minimum Gasteiger partial charge on any atom is -0.354 e. The van der Waals surface area contributed by atoms with Gasteiger partial charge in [0, 0.05) is 18.1 Å². The predicted molar refractivity (Wildman–Crippen MR) is 94.7 cm³/mol. The van der Waals surface area contributed by atoms with Crippen LogP contribution in [0.4, 0.5) is 0 Å². The first-order chi connectivity index (χ1) is 11.8. The molecule has 3 unspecified atom stereocenters. The van der Waals surface area contributed by atoms with E-state index in [0.717, 1.165) is 5.56 Å². The Labute approximate surface area is 152 Å². The number of sulfonamides is 1. The number of carbonyl (C=O) groups excluding carboxylic acids is 1. The number of piperidine rings is 1. The van der Waals surface area contributed by atoms with E-state index in [1.54, 1.807) is 12.1 Å². The summed E-state index contributed by atoms with van der Waals surface area (Å²) in [4.78, 5) is 11.6. The minimum absolute atomic E-state index is 0.191. The highest BCUT2D eigenvalue weighted by Crippen LogP contribution is 2.34. The fraction of sp³-hybridized carbons (Fsp3) is 0.471. The van der Waals surface area contributed by atoms with Gasteiger partial charge in [-0.25, -0.2) is 8.42 Å². The molecule has 0 bridgehead atoms. The molecule has 2 heterocycles. The Morgan fingerprint density at radius 1 is 1.48 bits per heavy atom. The molecule has 0 spiro atoms. The van der Waals surface area contributed by atoms with Crippen LogP contribution in [0.3, 0.4) is 0 Å². The molecule has 0 aliphatic carbocycles. The molecule has 6 nitrogen and oxygen atoms in total. The molecular weight excluding hydrogens is 364 g/mol. The first kappa shape index (κ1) is 18.4. The first-order valence-electron chi connectivity index (χ1n) is 8.16. The Morgan fingerprint density at radius 2 is 2.24 bits per heavy atom. The number of fused-ring (bicyclic) bond motifs is 1. The van der Waals surface area contributed by atoms with Crippen LogP contribution in [-0.4, -0.2) is 44.1 Å². The van der Waals surface area contributed by atoms with Crippen molar-refractivity contribution in [2.75, 3.05) is 13.1 Å². The van der Waals surface area contributed by atoms with Crippen LogP contribution in [0.5, 0.6) is 0 Å². The molecule has 3 atom stereocenters. The summed E-state index contributed by atoms with van der Waals surface area (Å²) in [6, 6.07) is 4.76. The van der Waals surface area contributed by atoms with Crippen LogP contribution >= 0.6 is 11.6 Å². The van der Waals surface area contributed by atoms with Gasteiger partial charge in [0.15, 0.2) is 0 Å². The molecule has 0 radical (unpaired) electrons. The van der Waals surface area contributed by atoms with Crippen molar-refractivity contribution < 1.29 is 17.9 Å². The van der Waals surface area contributed by atoms with Crippen molar-refractivity contribution >= 4 is 27.5 Å². The summed E-state index contributed by atoms with van der Waals surface area (Å²) in [6.07, 6.45) is 1.97. The van der Waals surface area contributed by atoms with Gasteiger partial charge in [0.05, 0.1) is 11.0 Å². The molecular formula is C17H21ClN2O4S. The Balaban J connectivity index is 1.72. The highest BCUT2D eigenvalue weighted by Gasteiger charge is 2.42. The number of halogens is 1. The van der Waals surface area contributed by atoms with Crippen molar-refractivity contribution in [1.29, 1.82) is 0 Å². The highest BCUT2D eigenvalue weighted by atomic mass is 35.5. The molecule has 136 valence electrons. The fourth-order valence-electron chi connectivity index (χ4n) is 3.31. The van der Waals surface area contributed by atoms with Crippen molar-refractivity contribution in [1.82, 2.24) is 9.62 Å². The second kappa shape index (κ2) is 7.07. The monoisotopic (exact) mass is 384 g/mol. The lowest BCUT2D eigenvalue weighted by Crippen LogP contribution is -2.45. The SMILES string of the molecule is C=CC(=O)NC1CC2CCN(S(=O)(=O)c3ccc(C)c(Cl)c3)CC2O1. The van der Waals surface area contributed by atoms with Crippen molar-refractivity contribution in [2.45, 2.75) is 37.0 Å². The number of ether oxygens (including phenoxy) is 1. The normalized spacial score (nSPS) is 26.9. The Bertz CT molecular complexity index is 796. The zero-order valence-electron chi connectivity index (χ0n) is 13.9. The molecule has 2 fully saturated rings. The van der Waals surface area contributed by atoms with E-state index in [4.69, 9.17) is 16.3 Å². The number of hydrogen-bond donors (Lipinski definition) is 1. The van der Waals surface area contributed by atoms with Gasteiger partial charge in [0.2, 0.25) is 15.9 Å². The second-order valence-corrected chi connectivity index (χ2v) is 8.78. The molecule has 1 aromatic carbocycles. The lowest BCUT2D eigenvalue weighted by Gasteiger charge is -2.33. The second-order valence-electron chi connectivity index (χ2n) is 6.43. The Kier molecular flexibility index (Phi) is 5.20. The summed E-state index contributed by atoms with van der Waals surface area (Å²) in [6.45, 7) is 5.95. The number of hydrogen-bond acceptors (Lipinski definition) is 4. The van der Waals surface area contributed by atoms with Gasteiger partial charge in [-0.3, -0.25) is 4.79 Å². The van der Waals surface area contributed by atoms with Crippen molar-refractivity contribution in [3.63, 3.8) is 0 Å². The Hall–Kier alpha value is -1.41. The topological polar surface area (TPSA) is 75.7 Å². The number of carbonyl (C=O) groups is 1. The predicted octanol–water partition coefficient (Wildman–Crippen LogP) is 2.08. The van der Waals surface area contributed by atoms with E-state index in [1.165, 1.54) is 16.4 Å². The van der Waals surface area contributed by atoms with Gasteiger partial charge in [0.25, 0.3) is 0 Å². The van der Waals surface area contributed by atoms with Crippen molar-refractivity contribution in [2.24, 2.45) is 5.92 Å². The lowest BCUT2D eigenvalue weighted by atomic mass is 9.94. The molecule has 1 amide bonds. The average Bonchev–Trinajstić information content (AvgIpc) is 2.98. The van der Waals surface area contributed by atoms with Gasteiger partial charge in [-0.05, 0) is 49.5 Å². The van der Waals surface area contributed by atoms with Crippen LogP contribution in [0, 0.1) is 12.8 Å². The van der Waals surface area contributed by atoms with Crippen LogP contribution in [-0.2, 0) is 19.6 Å². The molecule has 2 aliphatic heterocycles. The van der Waals surface area contributed by atoms with Gasteiger partial charge >= 0.3 is 0 Å². The average molecular weight is 385 g/mol. The maximum absolute atomic E-state index is 12.9. The van der Waals surface area contributed by atoms with Crippen molar-refractivity contribution in [3.8, 4) is 0 Å². The third kappa shape index (κ3) is 3.74. The van der Waals surface area contributed by atoms with E-state index in [-0.39, 0.29) is 29.4 Å². The summed E-state index contributed by atoms with van der Waals surface area (Å²) < 4.78 is 33.0. The van der Waals surface area contributed by atoms with E-state index in [9.17, 15) is 13.2 Å². The van der Waals surface area contributed by atoms with E-state index in [2.05, 4.69) is 11.9 Å². The molecule has 0 aromatic heterocycles. The quantitative estimate of drug-likeness (QED) is 0.806. The summed E-state index contributed by atoms with van der Waals surface area (Å²) in [5.74, 6) is -0.0504. The number of nitrogens with zero attached hydrogens (tertiary/aromatic N) is 1. The first-order valence-corrected chi connectivity index (χ1v) is 9.97. The molecule has 0 saturated carbocycles. The molecule has 3 rings (SSSR count). The van der Waals surface area contributed by atoms with Crippen molar-refractivity contribution in [3.05, 3.63) is 41.4 Å². The number of aryl methyl sites for hydroxylation is 1. The van der Waals surface area contributed by atoms with Gasteiger partial charge in [-0.1, -0.05) is 24.2 Å². The Morgan fingerprint density at radius 3 is 2.92 bits per heavy atom. The molecule has 2 aliphatic rings. The molecule has 1 N–H and O–H groups in total. The van der Waals surface area contributed by atoms with Crippen LogP contribution in [0.2, 0.25) is 5.02 Å². The van der Waals surface area contributed by atoms with E-state index < -0.39 is 16.3 Å². The minimum atomic E-state index is -3.62.